The molecule has 1 N–H and O–H groups in total. The average Bonchev–Trinajstić information content (AvgIpc) is 2.39. The SMILES string of the molecule is O=C(/C=C/c1cccc(Br)c1)Nc1ccccc1I. The summed E-state index contributed by atoms with van der Waals surface area (Å²) < 4.78 is 2.01. The zero-order chi connectivity index (χ0) is 13.7. The highest BCUT2D eigenvalue weighted by Gasteiger charge is 2.01. The fourth-order valence-electron chi connectivity index (χ4n) is 1.52. The number of hydrogen-bond donors (Lipinski definition) is 1. The minimum Gasteiger partial charge on any atom is -0.322 e. The van der Waals surface area contributed by atoms with Crippen LogP contribution in [0.3, 0.4) is 0 Å². The van der Waals surface area contributed by atoms with Crippen LogP contribution in [0.5, 0.6) is 0 Å². The van der Waals surface area contributed by atoms with E-state index in [1.807, 2.05) is 48.5 Å². The van der Waals surface area contributed by atoms with Gasteiger partial charge >= 0.3 is 0 Å². The fraction of sp³-hybridized carbons (Fsp3) is 0. The van der Waals surface area contributed by atoms with Gasteiger partial charge in [0.15, 0.2) is 0 Å². The topological polar surface area (TPSA) is 29.1 Å². The second-order valence-electron chi connectivity index (χ2n) is 3.86. The fourth-order valence-corrected chi connectivity index (χ4v) is 2.46. The molecule has 96 valence electrons. The molecule has 0 saturated heterocycles. The van der Waals surface area contributed by atoms with E-state index in [0.717, 1.165) is 19.3 Å². The molecule has 2 aromatic carbocycles. The minimum atomic E-state index is -0.135. The summed E-state index contributed by atoms with van der Waals surface area (Å²) in [7, 11) is 0. The first-order chi connectivity index (χ1) is 9.15. The van der Waals surface area contributed by atoms with Gasteiger partial charge in [0.25, 0.3) is 0 Å². The van der Waals surface area contributed by atoms with Crippen LogP contribution in [0.25, 0.3) is 6.08 Å². The lowest BCUT2D eigenvalue weighted by Gasteiger charge is -2.04. The summed E-state index contributed by atoms with van der Waals surface area (Å²) in [5.74, 6) is -0.135. The Balaban J connectivity index is 2.04. The summed E-state index contributed by atoms with van der Waals surface area (Å²) in [5.41, 5.74) is 1.80. The largest absolute Gasteiger partial charge is 0.322 e. The zero-order valence-corrected chi connectivity index (χ0v) is 13.7. The Kier molecular flexibility index (Phi) is 5.15. The molecule has 0 spiro atoms. The first-order valence-corrected chi connectivity index (χ1v) is 7.51. The molecular weight excluding hydrogens is 417 g/mol. The molecule has 0 fully saturated rings. The Bertz CT molecular complexity index is 625. The van der Waals surface area contributed by atoms with E-state index >= 15 is 0 Å². The molecule has 1 amide bonds. The lowest BCUT2D eigenvalue weighted by molar-refractivity contribution is -0.111. The maximum absolute atomic E-state index is 11.8. The zero-order valence-electron chi connectivity index (χ0n) is 9.94. The highest BCUT2D eigenvalue weighted by molar-refractivity contribution is 14.1. The number of halogens is 2. The number of carbonyl (C=O) groups excluding carboxylic acids is 1. The van der Waals surface area contributed by atoms with Gasteiger partial charge in [-0.3, -0.25) is 4.79 Å². The molecule has 0 aliphatic rings. The van der Waals surface area contributed by atoms with Crippen LogP contribution < -0.4 is 5.32 Å². The lowest BCUT2D eigenvalue weighted by Crippen LogP contribution is -2.08. The predicted molar refractivity (Wildman–Crippen MR) is 91.0 cm³/mol. The van der Waals surface area contributed by atoms with Gasteiger partial charge in [0.2, 0.25) is 5.91 Å². The summed E-state index contributed by atoms with van der Waals surface area (Å²) in [6.07, 6.45) is 3.32. The first kappa shape index (κ1) is 14.3. The van der Waals surface area contributed by atoms with Crippen LogP contribution >= 0.6 is 38.5 Å². The molecule has 2 rings (SSSR count). The molecule has 0 bridgehead atoms. The Morgan fingerprint density at radius 3 is 2.68 bits per heavy atom. The lowest BCUT2D eigenvalue weighted by atomic mass is 10.2. The van der Waals surface area contributed by atoms with Crippen molar-refractivity contribution >= 4 is 56.2 Å². The molecule has 0 aromatic heterocycles. The molecule has 0 heterocycles. The van der Waals surface area contributed by atoms with E-state index in [1.165, 1.54) is 6.08 Å². The van der Waals surface area contributed by atoms with Gasteiger partial charge in [-0.1, -0.05) is 40.2 Å². The van der Waals surface area contributed by atoms with Gasteiger partial charge < -0.3 is 5.32 Å². The van der Waals surface area contributed by atoms with Gasteiger partial charge in [0.1, 0.15) is 0 Å². The Labute approximate surface area is 134 Å². The number of para-hydroxylation sites is 1. The summed E-state index contributed by atoms with van der Waals surface area (Å²) in [6.45, 7) is 0. The number of anilines is 1. The summed E-state index contributed by atoms with van der Waals surface area (Å²) in [6, 6.07) is 15.5. The second-order valence-corrected chi connectivity index (χ2v) is 5.94. The van der Waals surface area contributed by atoms with Crippen LogP contribution in [0.15, 0.2) is 59.1 Å². The Hall–Kier alpha value is -1.14. The minimum absolute atomic E-state index is 0.135. The molecule has 0 atom stereocenters. The molecule has 0 aliphatic carbocycles. The molecule has 2 nitrogen and oxygen atoms in total. The van der Waals surface area contributed by atoms with Crippen LogP contribution in [0.4, 0.5) is 5.69 Å². The van der Waals surface area contributed by atoms with E-state index in [-0.39, 0.29) is 5.91 Å². The van der Waals surface area contributed by atoms with Gasteiger partial charge in [-0.25, -0.2) is 0 Å². The molecule has 0 saturated carbocycles. The van der Waals surface area contributed by atoms with Crippen LogP contribution in [-0.4, -0.2) is 5.91 Å². The third-order valence-electron chi connectivity index (χ3n) is 2.41. The van der Waals surface area contributed by atoms with Crippen molar-refractivity contribution in [1.29, 1.82) is 0 Å². The van der Waals surface area contributed by atoms with Crippen molar-refractivity contribution in [2.24, 2.45) is 0 Å². The Morgan fingerprint density at radius 1 is 1.16 bits per heavy atom. The predicted octanol–water partition coefficient (Wildman–Crippen LogP) is 4.71. The standard InChI is InChI=1S/C15H11BrINO/c16-12-5-3-4-11(10-12)8-9-15(19)18-14-7-2-1-6-13(14)17/h1-10H,(H,18,19)/b9-8+. The van der Waals surface area contributed by atoms with Gasteiger partial charge in [0, 0.05) is 14.1 Å². The first-order valence-electron chi connectivity index (χ1n) is 5.64. The number of nitrogens with one attached hydrogen (secondary N) is 1. The van der Waals surface area contributed by atoms with Crippen molar-refractivity contribution in [3.8, 4) is 0 Å². The third-order valence-corrected chi connectivity index (χ3v) is 3.84. The normalized spacial score (nSPS) is 10.6. The summed E-state index contributed by atoms with van der Waals surface area (Å²) >= 11 is 5.59. The molecule has 4 heteroatoms. The van der Waals surface area contributed by atoms with Gasteiger partial charge in [0.05, 0.1) is 5.69 Å². The molecule has 0 aliphatic heterocycles. The van der Waals surface area contributed by atoms with Gasteiger partial charge in [-0.2, -0.15) is 0 Å². The van der Waals surface area contributed by atoms with Crippen LogP contribution in [0.2, 0.25) is 0 Å². The molecule has 19 heavy (non-hydrogen) atoms. The van der Waals surface area contributed by atoms with E-state index in [2.05, 4.69) is 43.8 Å². The van der Waals surface area contributed by atoms with Gasteiger partial charge in [-0.15, -0.1) is 0 Å². The van der Waals surface area contributed by atoms with Crippen LogP contribution in [0, 0.1) is 3.57 Å². The van der Waals surface area contributed by atoms with E-state index in [9.17, 15) is 4.79 Å². The highest BCUT2D eigenvalue weighted by atomic mass is 127. The van der Waals surface area contributed by atoms with E-state index in [0.29, 0.717) is 0 Å². The average molecular weight is 428 g/mol. The van der Waals surface area contributed by atoms with Crippen molar-refractivity contribution in [2.45, 2.75) is 0 Å². The Morgan fingerprint density at radius 2 is 1.95 bits per heavy atom. The monoisotopic (exact) mass is 427 g/mol. The number of benzene rings is 2. The van der Waals surface area contributed by atoms with Crippen LogP contribution in [-0.2, 0) is 4.79 Å². The highest BCUT2D eigenvalue weighted by Crippen LogP contribution is 2.17. The van der Waals surface area contributed by atoms with Crippen molar-refractivity contribution in [1.82, 2.24) is 0 Å². The van der Waals surface area contributed by atoms with Crippen molar-refractivity contribution in [2.75, 3.05) is 5.32 Å². The van der Waals surface area contributed by atoms with Crippen molar-refractivity contribution in [3.05, 3.63) is 68.2 Å². The molecular formula is C15H11BrINO. The maximum Gasteiger partial charge on any atom is 0.248 e. The number of rotatable bonds is 3. The van der Waals surface area contributed by atoms with Gasteiger partial charge in [-0.05, 0) is 58.5 Å². The molecule has 0 unspecified atom stereocenters. The smallest absolute Gasteiger partial charge is 0.248 e. The number of carbonyl (C=O) groups is 1. The summed E-state index contributed by atoms with van der Waals surface area (Å²) in [4.78, 5) is 11.8. The quantitative estimate of drug-likeness (QED) is 0.558. The maximum atomic E-state index is 11.8. The van der Waals surface area contributed by atoms with Crippen LogP contribution in [0.1, 0.15) is 5.56 Å². The molecule has 0 radical (unpaired) electrons. The number of hydrogen-bond acceptors (Lipinski definition) is 1. The summed E-state index contributed by atoms with van der Waals surface area (Å²) in [5, 5.41) is 2.85. The molecule has 2 aromatic rings. The van der Waals surface area contributed by atoms with E-state index in [1.54, 1.807) is 6.08 Å². The van der Waals surface area contributed by atoms with Crippen molar-refractivity contribution < 1.29 is 4.79 Å². The van der Waals surface area contributed by atoms with Crippen molar-refractivity contribution in [3.63, 3.8) is 0 Å². The van der Waals surface area contributed by atoms with E-state index in [4.69, 9.17) is 0 Å². The third kappa shape index (κ3) is 4.47. The van der Waals surface area contributed by atoms with E-state index < -0.39 is 0 Å². The second kappa shape index (κ2) is 6.86. The number of amides is 1.